The molecule has 0 aromatic carbocycles. The smallest absolute Gasteiger partial charge is 0.250 e. The molecule has 5 heteroatoms. The van der Waals surface area contributed by atoms with E-state index in [0.29, 0.717) is 18.1 Å². The minimum Gasteiger partial charge on any atom is -0.476 e. The van der Waals surface area contributed by atoms with E-state index in [1.54, 1.807) is 13.0 Å². The number of halogens is 1. The molecule has 1 fully saturated rings. The molecule has 2 atom stereocenters. The third-order valence-corrected chi connectivity index (χ3v) is 3.18. The third kappa shape index (κ3) is 2.97. The summed E-state index contributed by atoms with van der Waals surface area (Å²) in [7, 11) is 0. The Balaban J connectivity index is 2.08. The fraction of sp³-hybridized carbons (Fsp3) is 0.615. The van der Waals surface area contributed by atoms with Crippen LogP contribution in [-0.4, -0.2) is 24.8 Å². The molecule has 100 valence electrons. The molecule has 1 saturated heterocycles. The standard InChI is InChI=1S/C13H19FN2O2/c1-2-18-13-12(14)10(3-5-16-13)11(15)7-9-4-6-17-8-9/h3,5,9,11H,2,4,6-8,15H2,1H3. The summed E-state index contributed by atoms with van der Waals surface area (Å²) in [5.41, 5.74) is 6.53. The Kier molecular flexibility index (Phi) is 4.49. The van der Waals surface area contributed by atoms with Gasteiger partial charge in [-0.15, -0.1) is 0 Å². The minimum atomic E-state index is -0.439. The summed E-state index contributed by atoms with van der Waals surface area (Å²) >= 11 is 0. The van der Waals surface area contributed by atoms with Crippen LogP contribution in [0.3, 0.4) is 0 Å². The molecule has 0 spiro atoms. The number of ether oxygens (including phenoxy) is 2. The highest BCUT2D eigenvalue weighted by atomic mass is 19.1. The number of hydrogen-bond acceptors (Lipinski definition) is 4. The monoisotopic (exact) mass is 254 g/mol. The van der Waals surface area contributed by atoms with Crippen molar-refractivity contribution >= 4 is 0 Å². The summed E-state index contributed by atoms with van der Waals surface area (Å²) in [4.78, 5) is 3.87. The fourth-order valence-electron chi connectivity index (χ4n) is 2.22. The first-order valence-corrected chi connectivity index (χ1v) is 6.33. The first kappa shape index (κ1) is 13.2. The molecule has 0 aliphatic carbocycles. The molecule has 1 aliphatic rings. The lowest BCUT2D eigenvalue weighted by Crippen LogP contribution is -2.17. The second kappa shape index (κ2) is 6.11. The maximum Gasteiger partial charge on any atom is 0.250 e. The van der Waals surface area contributed by atoms with E-state index < -0.39 is 5.82 Å². The average molecular weight is 254 g/mol. The first-order valence-electron chi connectivity index (χ1n) is 6.33. The zero-order valence-corrected chi connectivity index (χ0v) is 10.6. The molecule has 2 N–H and O–H groups in total. The molecule has 2 unspecified atom stereocenters. The lowest BCUT2D eigenvalue weighted by molar-refractivity contribution is 0.182. The van der Waals surface area contributed by atoms with E-state index in [4.69, 9.17) is 15.2 Å². The molecule has 0 saturated carbocycles. The Morgan fingerprint density at radius 2 is 2.50 bits per heavy atom. The number of hydrogen-bond donors (Lipinski definition) is 1. The molecule has 0 amide bonds. The van der Waals surface area contributed by atoms with Crippen molar-refractivity contribution in [2.75, 3.05) is 19.8 Å². The predicted molar refractivity (Wildman–Crippen MR) is 65.8 cm³/mol. The van der Waals surface area contributed by atoms with Gasteiger partial charge >= 0.3 is 0 Å². The molecule has 1 aromatic rings. The second-order valence-corrected chi connectivity index (χ2v) is 4.52. The molecule has 2 heterocycles. The van der Waals surface area contributed by atoms with E-state index in [1.165, 1.54) is 6.20 Å². The van der Waals surface area contributed by atoms with E-state index >= 15 is 0 Å². The average Bonchev–Trinajstić information content (AvgIpc) is 2.85. The van der Waals surface area contributed by atoms with Crippen molar-refractivity contribution in [2.24, 2.45) is 11.7 Å². The molecule has 4 nitrogen and oxygen atoms in total. The van der Waals surface area contributed by atoms with Crippen molar-refractivity contribution in [2.45, 2.75) is 25.8 Å². The molecule has 0 radical (unpaired) electrons. The van der Waals surface area contributed by atoms with Crippen LogP contribution < -0.4 is 10.5 Å². The van der Waals surface area contributed by atoms with Crippen LogP contribution >= 0.6 is 0 Å². The van der Waals surface area contributed by atoms with E-state index in [1.807, 2.05) is 0 Å². The van der Waals surface area contributed by atoms with Crippen molar-refractivity contribution in [1.29, 1.82) is 0 Å². The highest BCUT2D eigenvalue weighted by molar-refractivity contribution is 5.26. The van der Waals surface area contributed by atoms with Crippen LogP contribution in [0.4, 0.5) is 4.39 Å². The Labute approximate surface area is 106 Å². The number of aromatic nitrogens is 1. The van der Waals surface area contributed by atoms with Crippen molar-refractivity contribution < 1.29 is 13.9 Å². The normalized spacial score (nSPS) is 20.9. The highest BCUT2D eigenvalue weighted by Gasteiger charge is 2.22. The van der Waals surface area contributed by atoms with Crippen LogP contribution in [0.25, 0.3) is 0 Å². The quantitative estimate of drug-likeness (QED) is 0.873. The Morgan fingerprint density at radius 3 is 3.17 bits per heavy atom. The largest absolute Gasteiger partial charge is 0.476 e. The highest BCUT2D eigenvalue weighted by Crippen LogP contribution is 2.28. The fourth-order valence-corrected chi connectivity index (χ4v) is 2.22. The Bertz CT molecular complexity index is 395. The zero-order chi connectivity index (χ0) is 13.0. The lowest BCUT2D eigenvalue weighted by Gasteiger charge is -2.17. The van der Waals surface area contributed by atoms with E-state index in [9.17, 15) is 4.39 Å². The summed E-state index contributed by atoms with van der Waals surface area (Å²) in [6, 6.07) is 1.29. The molecular weight excluding hydrogens is 235 g/mol. The van der Waals surface area contributed by atoms with E-state index in [-0.39, 0.29) is 11.9 Å². The van der Waals surface area contributed by atoms with Crippen molar-refractivity contribution in [3.8, 4) is 5.88 Å². The van der Waals surface area contributed by atoms with Gasteiger partial charge in [0.1, 0.15) is 0 Å². The summed E-state index contributed by atoms with van der Waals surface area (Å²) in [5, 5.41) is 0. The first-order chi connectivity index (χ1) is 8.72. The van der Waals surface area contributed by atoms with Crippen LogP contribution in [0.1, 0.15) is 31.4 Å². The molecule has 2 rings (SSSR count). The van der Waals surface area contributed by atoms with Gasteiger partial charge in [0.15, 0.2) is 5.82 Å². The van der Waals surface area contributed by atoms with Crippen molar-refractivity contribution in [3.63, 3.8) is 0 Å². The van der Waals surface area contributed by atoms with Crippen molar-refractivity contribution in [1.82, 2.24) is 4.98 Å². The van der Waals surface area contributed by atoms with Crippen LogP contribution in [0.5, 0.6) is 5.88 Å². The van der Waals surface area contributed by atoms with Gasteiger partial charge in [-0.05, 0) is 31.7 Å². The third-order valence-electron chi connectivity index (χ3n) is 3.18. The summed E-state index contributed by atoms with van der Waals surface area (Å²) in [5.74, 6) is 0.0157. The topological polar surface area (TPSA) is 57.4 Å². The van der Waals surface area contributed by atoms with Gasteiger partial charge in [-0.1, -0.05) is 0 Å². The van der Waals surface area contributed by atoms with Gasteiger partial charge in [-0.3, -0.25) is 0 Å². The molecule has 1 aliphatic heterocycles. The van der Waals surface area contributed by atoms with E-state index in [0.717, 1.165) is 26.1 Å². The van der Waals surface area contributed by atoms with Crippen LogP contribution in [-0.2, 0) is 4.74 Å². The Morgan fingerprint density at radius 1 is 1.67 bits per heavy atom. The van der Waals surface area contributed by atoms with Gasteiger partial charge in [0.25, 0.3) is 5.88 Å². The number of pyridine rings is 1. The number of nitrogens with zero attached hydrogens (tertiary/aromatic N) is 1. The summed E-state index contributed by atoms with van der Waals surface area (Å²) < 4.78 is 24.5. The van der Waals surface area contributed by atoms with E-state index in [2.05, 4.69) is 4.98 Å². The lowest BCUT2D eigenvalue weighted by atomic mass is 9.95. The molecule has 18 heavy (non-hydrogen) atoms. The molecule has 1 aromatic heterocycles. The van der Waals surface area contributed by atoms with Crippen LogP contribution in [0.15, 0.2) is 12.3 Å². The van der Waals surface area contributed by atoms with Gasteiger partial charge in [0, 0.05) is 31.0 Å². The number of rotatable bonds is 5. The molecule has 0 bridgehead atoms. The second-order valence-electron chi connectivity index (χ2n) is 4.52. The minimum absolute atomic E-state index is 0.0353. The SMILES string of the molecule is CCOc1nccc(C(N)CC2CCOC2)c1F. The zero-order valence-electron chi connectivity index (χ0n) is 10.6. The maximum atomic E-state index is 14.1. The van der Waals surface area contributed by atoms with Gasteiger partial charge in [0.2, 0.25) is 0 Å². The van der Waals surface area contributed by atoms with Crippen molar-refractivity contribution in [3.05, 3.63) is 23.6 Å². The summed E-state index contributed by atoms with van der Waals surface area (Å²) in [6.07, 6.45) is 3.26. The number of nitrogens with two attached hydrogens (primary N) is 1. The van der Waals surface area contributed by atoms with Gasteiger partial charge in [0.05, 0.1) is 6.61 Å². The maximum absolute atomic E-state index is 14.1. The van der Waals surface area contributed by atoms with Gasteiger partial charge in [-0.25, -0.2) is 9.37 Å². The Hall–Kier alpha value is -1.20. The molecular formula is C13H19FN2O2. The van der Waals surface area contributed by atoms with Crippen LogP contribution in [0, 0.1) is 11.7 Å². The predicted octanol–water partition coefficient (Wildman–Crippen LogP) is 2.05. The van der Waals surface area contributed by atoms with Crippen LogP contribution in [0.2, 0.25) is 0 Å². The van der Waals surface area contributed by atoms with Gasteiger partial charge in [-0.2, -0.15) is 0 Å². The summed E-state index contributed by atoms with van der Waals surface area (Å²) in [6.45, 7) is 3.68. The van der Waals surface area contributed by atoms with Gasteiger partial charge < -0.3 is 15.2 Å².